The maximum atomic E-state index is 9.42. The molecule has 0 radical (unpaired) electrons. The van der Waals surface area contributed by atoms with Gasteiger partial charge in [0, 0.05) is 10.0 Å². The van der Waals surface area contributed by atoms with Gasteiger partial charge in [0.1, 0.15) is 5.72 Å². The maximum absolute atomic E-state index is 9.42. The van der Waals surface area contributed by atoms with Crippen molar-refractivity contribution in [2.24, 2.45) is 5.73 Å². The van der Waals surface area contributed by atoms with Gasteiger partial charge in [-0.05, 0) is 13.0 Å². The molecule has 0 amide bonds. The summed E-state index contributed by atoms with van der Waals surface area (Å²) >= 11 is 3.29. The quantitative estimate of drug-likeness (QED) is 0.700. The first kappa shape index (κ1) is 8.71. The highest BCUT2D eigenvalue weighted by molar-refractivity contribution is 9.10. The SMILES string of the molecule is CC(N)(O)c1ccccc1Br. The lowest BCUT2D eigenvalue weighted by molar-refractivity contribution is 0.0640. The fourth-order valence-corrected chi connectivity index (χ4v) is 1.56. The van der Waals surface area contributed by atoms with E-state index in [1.54, 1.807) is 13.0 Å². The molecule has 0 saturated heterocycles. The van der Waals surface area contributed by atoms with Gasteiger partial charge in [-0.3, -0.25) is 5.73 Å². The topological polar surface area (TPSA) is 46.2 Å². The van der Waals surface area contributed by atoms with Crippen LogP contribution in [0.2, 0.25) is 0 Å². The van der Waals surface area contributed by atoms with Crippen LogP contribution in [0.5, 0.6) is 0 Å². The largest absolute Gasteiger partial charge is 0.372 e. The van der Waals surface area contributed by atoms with Crippen LogP contribution in [0.1, 0.15) is 12.5 Å². The summed E-state index contributed by atoms with van der Waals surface area (Å²) in [5.74, 6) is 0. The fraction of sp³-hybridized carbons (Fsp3) is 0.250. The molecule has 11 heavy (non-hydrogen) atoms. The molecule has 1 rings (SSSR count). The molecule has 0 aliphatic heterocycles. The number of halogens is 1. The zero-order valence-corrected chi connectivity index (χ0v) is 7.80. The average molecular weight is 216 g/mol. The number of nitrogens with two attached hydrogens (primary N) is 1. The van der Waals surface area contributed by atoms with Gasteiger partial charge >= 0.3 is 0 Å². The van der Waals surface area contributed by atoms with Crippen molar-refractivity contribution in [2.75, 3.05) is 0 Å². The van der Waals surface area contributed by atoms with E-state index in [9.17, 15) is 5.11 Å². The van der Waals surface area contributed by atoms with E-state index in [1.807, 2.05) is 18.2 Å². The van der Waals surface area contributed by atoms with E-state index in [0.717, 1.165) is 4.47 Å². The predicted molar refractivity (Wildman–Crippen MR) is 47.9 cm³/mol. The third-order valence-corrected chi connectivity index (χ3v) is 2.11. The summed E-state index contributed by atoms with van der Waals surface area (Å²) in [7, 11) is 0. The smallest absolute Gasteiger partial charge is 0.137 e. The number of rotatable bonds is 1. The Balaban J connectivity index is 3.14. The lowest BCUT2D eigenvalue weighted by Crippen LogP contribution is -2.32. The molecule has 0 saturated carbocycles. The normalized spacial score (nSPS) is 16.0. The number of benzene rings is 1. The van der Waals surface area contributed by atoms with Gasteiger partial charge in [0.2, 0.25) is 0 Å². The van der Waals surface area contributed by atoms with E-state index in [2.05, 4.69) is 15.9 Å². The number of hydrogen-bond acceptors (Lipinski definition) is 2. The Hall–Kier alpha value is -0.380. The Morgan fingerprint density at radius 2 is 2.00 bits per heavy atom. The molecule has 0 heterocycles. The lowest BCUT2D eigenvalue weighted by atomic mass is 10.1. The highest BCUT2D eigenvalue weighted by Crippen LogP contribution is 2.23. The molecule has 0 aromatic heterocycles. The van der Waals surface area contributed by atoms with E-state index in [0.29, 0.717) is 5.56 Å². The van der Waals surface area contributed by atoms with Crippen molar-refractivity contribution in [2.45, 2.75) is 12.6 Å². The van der Waals surface area contributed by atoms with Crippen LogP contribution < -0.4 is 5.73 Å². The van der Waals surface area contributed by atoms with E-state index < -0.39 is 5.72 Å². The first-order valence-corrected chi connectivity index (χ1v) is 4.07. The van der Waals surface area contributed by atoms with Crippen LogP contribution in [0.25, 0.3) is 0 Å². The average Bonchev–Trinajstić information content (AvgIpc) is 1.86. The van der Waals surface area contributed by atoms with Gasteiger partial charge in [0.05, 0.1) is 0 Å². The summed E-state index contributed by atoms with van der Waals surface area (Å²) in [6, 6.07) is 7.33. The molecule has 1 unspecified atom stereocenters. The minimum absolute atomic E-state index is 0.694. The second-order valence-electron chi connectivity index (χ2n) is 2.63. The van der Waals surface area contributed by atoms with Crippen LogP contribution in [0.4, 0.5) is 0 Å². The third kappa shape index (κ3) is 2.02. The monoisotopic (exact) mass is 215 g/mol. The summed E-state index contributed by atoms with van der Waals surface area (Å²) in [6.45, 7) is 1.55. The molecule has 1 aromatic rings. The van der Waals surface area contributed by atoms with Crippen molar-refractivity contribution >= 4 is 15.9 Å². The summed E-state index contributed by atoms with van der Waals surface area (Å²) in [6.07, 6.45) is 0. The van der Waals surface area contributed by atoms with Gasteiger partial charge in [-0.15, -0.1) is 0 Å². The predicted octanol–water partition coefficient (Wildman–Crippen LogP) is 1.57. The Kier molecular flexibility index (Phi) is 2.32. The Labute approximate surface area is 74.2 Å². The highest BCUT2D eigenvalue weighted by Gasteiger charge is 2.18. The van der Waals surface area contributed by atoms with Crippen LogP contribution in [0.15, 0.2) is 28.7 Å². The second kappa shape index (κ2) is 2.93. The molecule has 1 aromatic carbocycles. The Morgan fingerprint density at radius 1 is 1.45 bits per heavy atom. The molecule has 0 aliphatic carbocycles. The van der Waals surface area contributed by atoms with Gasteiger partial charge in [-0.2, -0.15) is 0 Å². The Morgan fingerprint density at radius 3 is 2.36 bits per heavy atom. The molecular formula is C8H10BrNO. The molecule has 0 spiro atoms. The summed E-state index contributed by atoms with van der Waals surface area (Å²) in [5.41, 5.74) is 4.91. The highest BCUT2D eigenvalue weighted by atomic mass is 79.9. The van der Waals surface area contributed by atoms with Crippen molar-refractivity contribution in [1.82, 2.24) is 0 Å². The molecule has 0 aliphatic rings. The maximum Gasteiger partial charge on any atom is 0.137 e. The van der Waals surface area contributed by atoms with E-state index >= 15 is 0 Å². The van der Waals surface area contributed by atoms with Gasteiger partial charge in [-0.25, -0.2) is 0 Å². The zero-order chi connectivity index (χ0) is 8.48. The zero-order valence-electron chi connectivity index (χ0n) is 6.21. The minimum Gasteiger partial charge on any atom is -0.372 e. The van der Waals surface area contributed by atoms with Gasteiger partial charge in [0.15, 0.2) is 0 Å². The second-order valence-corrected chi connectivity index (χ2v) is 3.48. The van der Waals surface area contributed by atoms with Crippen LogP contribution in [0, 0.1) is 0 Å². The first-order chi connectivity index (χ1) is 5.02. The summed E-state index contributed by atoms with van der Waals surface area (Å²) in [4.78, 5) is 0. The van der Waals surface area contributed by atoms with Crippen LogP contribution >= 0.6 is 15.9 Å². The molecule has 1 atom stereocenters. The minimum atomic E-state index is -1.26. The van der Waals surface area contributed by atoms with Gasteiger partial charge in [-0.1, -0.05) is 34.1 Å². The molecule has 0 fully saturated rings. The van der Waals surface area contributed by atoms with Gasteiger partial charge in [0.25, 0.3) is 0 Å². The molecule has 0 bridgehead atoms. The Bertz CT molecular complexity index is 255. The van der Waals surface area contributed by atoms with Crippen LogP contribution in [-0.4, -0.2) is 5.11 Å². The van der Waals surface area contributed by atoms with Crippen molar-refractivity contribution in [3.63, 3.8) is 0 Å². The molecule has 3 heteroatoms. The summed E-state index contributed by atoms with van der Waals surface area (Å²) < 4.78 is 0.826. The van der Waals surface area contributed by atoms with Crippen LogP contribution in [0.3, 0.4) is 0 Å². The third-order valence-electron chi connectivity index (χ3n) is 1.42. The summed E-state index contributed by atoms with van der Waals surface area (Å²) in [5, 5.41) is 9.42. The van der Waals surface area contributed by atoms with Crippen molar-refractivity contribution in [3.8, 4) is 0 Å². The number of aliphatic hydroxyl groups is 1. The first-order valence-electron chi connectivity index (χ1n) is 3.28. The van der Waals surface area contributed by atoms with E-state index in [1.165, 1.54) is 0 Å². The van der Waals surface area contributed by atoms with E-state index in [4.69, 9.17) is 5.73 Å². The molecule has 60 valence electrons. The molecular weight excluding hydrogens is 206 g/mol. The van der Waals surface area contributed by atoms with E-state index in [-0.39, 0.29) is 0 Å². The standard InChI is InChI=1S/C8H10BrNO/c1-8(10,11)6-4-2-3-5-7(6)9/h2-5,11H,10H2,1H3. The van der Waals surface area contributed by atoms with Crippen molar-refractivity contribution in [1.29, 1.82) is 0 Å². The fourth-order valence-electron chi connectivity index (χ4n) is 0.872. The van der Waals surface area contributed by atoms with Crippen molar-refractivity contribution in [3.05, 3.63) is 34.3 Å². The lowest BCUT2D eigenvalue weighted by Gasteiger charge is -2.18. The van der Waals surface area contributed by atoms with Crippen molar-refractivity contribution < 1.29 is 5.11 Å². The molecule has 3 N–H and O–H groups in total. The van der Waals surface area contributed by atoms with Crippen LogP contribution in [-0.2, 0) is 5.72 Å². The molecule has 2 nitrogen and oxygen atoms in total. The number of hydrogen-bond donors (Lipinski definition) is 2. The van der Waals surface area contributed by atoms with Gasteiger partial charge < -0.3 is 5.11 Å².